The molecule has 0 amide bonds. The molecular weight excluding hydrogens is 407 g/mol. The van der Waals surface area contributed by atoms with Gasteiger partial charge in [-0.05, 0) is 18.9 Å². The second-order valence-electron chi connectivity index (χ2n) is 7.02. The lowest BCUT2D eigenvalue weighted by atomic mass is 10.1. The van der Waals surface area contributed by atoms with E-state index in [2.05, 4.69) is 15.0 Å². The number of rotatable bonds is 6. The maximum Gasteiger partial charge on any atom is 0.332 e. The van der Waals surface area contributed by atoms with E-state index in [9.17, 15) is 4.79 Å². The largest absolute Gasteiger partial charge is 0.491 e. The quantitative estimate of drug-likeness (QED) is 0.455. The van der Waals surface area contributed by atoms with Crippen molar-refractivity contribution in [2.75, 3.05) is 26.4 Å². The molecule has 0 saturated heterocycles. The highest BCUT2D eigenvalue weighted by Gasteiger charge is 2.22. The fourth-order valence-corrected chi connectivity index (χ4v) is 3.62. The number of H-pyrrole nitrogens is 1. The van der Waals surface area contributed by atoms with Crippen molar-refractivity contribution in [3.63, 3.8) is 0 Å². The molecular formula is C21H19FN4O5. The molecule has 0 saturated carbocycles. The number of aromatic nitrogens is 4. The van der Waals surface area contributed by atoms with E-state index in [4.69, 9.17) is 19.3 Å². The first-order chi connectivity index (χ1) is 15.2. The Hall–Kier alpha value is -3.66. The minimum absolute atomic E-state index is 0.0151. The lowest BCUT2D eigenvalue weighted by Crippen LogP contribution is -2.17. The molecule has 1 aromatic carbocycles. The first-order valence-corrected chi connectivity index (χ1v) is 9.89. The highest BCUT2D eigenvalue weighted by molar-refractivity contribution is 5.90. The first kappa shape index (κ1) is 19.3. The van der Waals surface area contributed by atoms with Crippen LogP contribution < -0.4 is 19.9 Å². The second-order valence-corrected chi connectivity index (χ2v) is 7.02. The zero-order valence-corrected chi connectivity index (χ0v) is 16.4. The summed E-state index contributed by atoms with van der Waals surface area (Å²) in [5.74, 6) is 0.685. The SMILES string of the molecule is O=c1[nH]c2nccc(OCCCCO)c2n1-c1cc2c3c(cnc2cc1F)OCCO3. The number of pyridine rings is 2. The van der Waals surface area contributed by atoms with E-state index in [0.29, 0.717) is 66.3 Å². The Labute approximate surface area is 175 Å². The molecule has 9 nitrogen and oxygen atoms in total. The topological polar surface area (TPSA) is 111 Å². The molecule has 1 aliphatic rings. The van der Waals surface area contributed by atoms with Gasteiger partial charge in [0.15, 0.2) is 17.1 Å². The standard InChI is InChI=1S/C21H19FN4O5/c22-13-10-14-12(19-17(11-24-14)30-7-8-31-19)9-15(13)26-18-16(29-6-2-1-5-27)3-4-23-20(18)25-21(26)28/h3-4,9-11,27H,1-2,5-8H2,(H,23,25,28). The molecule has 1 aliphatic heterocycles. The lowest BCUT2D eigenvalue weighted by molar-refractivity contribution is 0.173. The van der Waals surface area contributed by atoms with Gasteiger partial charge in [-0.2, -0.15) is 0 Å². The Bertz CT molecular complexity index is 1330. The molecule has 5 rings (SSSR count). The monoisotopic (exact) mass is 426 g/mol. The number of ether oxygens (including phenoxy) is 3. The molecule has 160 valence electrons. The molecule has 31 heavy (non-hydrogen) atoms. The van der Waals surface area contributed by atoms with Crippen molar-refractivity contribution in [2.45, 2.75) is 12.8 Å². The predicted molar refractivity (Wildman–Crippen MR) is 110 cm³/mol. The molecule has 0 bridgehead atoms. The molecule has 0 radical (unpaired) electrons. The maximum absolute atomic E-state index is 15.1. The molecule has 0 spiro atoms. The summed E-state index contributed by atoms with van der Waals surface area (Å²) in [4.78, 5) is 23.8. The maximum atomic E-state index is 15.1. The minimum atomic E-state index is -0.630. The van der Waals surface area contributed by atoms with Gasteiger partial charge in [0.25, 0.3) is 0 Å². The predicted octanol–water partition coefficient (Wildman–Crippen LogP) is 2.32. The summed E-state index contributed by atoms with van der Waals surface area (Å²) in [7, 11) is 0. The summed E-state index contributed by atoms with van der Waals surface area (Å²) in [6.07, 6.45) is 4.23. The average molecular weight is 426 g/mol. The summed E-state index contributed by atoms with van der Waals surface area (Å²) in [6.45, 7) is 1.17. The van der Waals surface area contributed by atoms with Crippen LogP contribution in [0.5, 0.6) is 17.2 Å². The molecule has 0 unspecified atom stereocenters. The molecule has 2 N–H and O–H groups in total. The van der Waals surface area contributed by atoms with Crippen molar-refractivity contribution in [3.05, 3.63) is 46.9 Å². The average Bonchev–Trinajstić information content (AvgIpc) is 3.12. The molecule has 4 heterocycles. The van der Waals surface area contributed by atoms with Crippen molar-refractivity contribution in [1.29, 1.82) is 0 Å². The van der Waals surface area contributed by atoms with Gasteiger partial charge in [0.1, 0.15) is 30.3 Å². The third-order valence-corrected chi connectivity index (χ3v) is 5.03. The molecule has 0 aliphatic carbocycles. The Morgan fingerprint density at radius 3 is 2.97 bits per heavy atom. The molecule has 10 heteroatoms. The van der Waals surface area contributed by atoms with Gasteiger partial charge < -0.3 is 19.3 Å². The normalized spacial score (nSPS) is 13.1. The molecule has 0 fully saturated rings. The van der Waals surface area contributed by atoms with E-state index in [-0.39, 0.29) is 17.9 Å². The number of fused-ring (bicyclic) bond motifs is 4. The van der Waals surface area contributed by atoms with E-state index in [1.807, 2.05) is 0 Å². The van der Waals surface area contributed by atoms with Crippen LogP contribution in [-0.4, -0.2) is 51.1 Å². The van der Waals surface area contributed by atoms with Crippen LogP contribution in [0.4, 0.5) is 4.39 Å². The number of benzene rings is 1. The summed E-state index contributed by atoms with van der Waals surface area (Å²) >= 11 is 0. The highest BCUT2D eigenvalue weighted by Crippen LogP contribution is 2.38. The number of halogens is 1. The number of hydrogen-bond donors (Lipinski definition) is 2. The van der Waals surface area contributed by atoms with Gasteiger partial charge in [-0.25, -0.2) is 14.2 Å². The van der Waals surface area contributed by atoms with Crippen LogP contribution in [0.25, 0.3) is 27.8 Å². The van der Waals surface area contributed by atoms with Gasteiger partial charge >= 0.3 is 5.69 Å². The van der Waals surface area contributed by atoms with Crippen molar-refractivity contribution in [1.82, 2.24) is 19.5 Å². The van der Waals surface area contributed by atoms with Gasteiger partial charge in [0, 0.05) is 30.3 Å². The number of hydrogen-bond acceptors (Lipinski definition) is 7. The van der Waals surface area contributed by atoms with Gasteiger partial charge in [-0.3, -0.25) is 14.5 Å². The van der Waals surface area contributed by atoms with Crippen LogP contribution in [0.3, 0.4) is 0 Å². The van der Waals surface area contributed by atoms with E-state index >= 15 is 4.39 Å². The van der Waals surface area contributed by atoms with Crippen molar-refractivity contribution in [3.8, 4) is 22.9 Å². The smallest absolute Gasteiger partial charge is 0.332 e. The molecule has 3 aromatic heterocycles. The van der Waals surface area contributed by atoms with E-state index in [0.717, 1.165) is 0 Å². The molecule has 4 aromatic rings. The highest BCUT2D eigenvalue weighted by atomic mass is 19.1. The summed E-state index contributed by atoms with van der Waals surface area (Å²) in [6, 6.07) is 4.39. The summed E-state index contributed by atoms with van der Waals surface area (Å²) in [5.41, 5.74) is 0.446. The Morgan fingerprint density at radius 2 is 2.10 bits per heavy atom. The minimum Gasteiger partial charge on any atom is -0.491 e. The number of aliphatic hydroxyl groups is 1. The van der Waals surface area contributed by atoms with Gasteiger partial charge in [0.05, 0.1) is 24.0 Å². The number of aliphatic hydroxyl groups excluding tert-OH is 1. The number of imidazole rings is 1. The fourth-order valence-electron chi connectivity index (χ4n) is 3.62. The Kier molecular flexibility index (Phi) is 4.91. The number of unbranched alkanes of at least 4 members (excludes halogenated alkanes) is 1. The van der Waals surface area contributed by atoms with Crippen molar-refractivity contribution < 1.29 is 23.7 Å². The van der Waals surface area contributed by atoms with Crippen LogP contribution in [0.1, 0.15) is 12.8 Å². The third-order valence-electron chi connectivity index (χ3n) is 5.03. The van der Waals surface area contributed by atoms with E-state index in [1.54, 1.807) is 6.07 Å². The zero-order chi connectivity index (χ0) is 21.4. The van der Waals surface area contributed by atoms with Gasteiger partial charge in [0.2, 0.25) is 0 Å². The number of nitrogens with one attached hydrogen (secondary N) is 1. The Morgan fingerprint density at radius 1 is 1.23 bits per heavy atom. The summed E-state index contributed by atoms with van der Waals surface area (Å²) in [5, 5.41) is 9.48. The van der Waals surface area contributed by atoms with Gasteiger partial charge in [-0.1, -0.05) is 0 Å². The van der Waals surface area contributed by atoms with Crippen LogP contribution in [-0.2, 0) is 0 Å². The number of aromatic amines is 1. The number of nitrogens with zero attached hydrogens (tertiary/aromatic N) is 3. The van der Waals surface area contributed by atoms with Crippen molar-refractivity contribution in [2.24, 2.45) is 0 Å². The lowest BCUT2D eigenvalue weighted by Gasteiger charge is -2.20. The second kappa shape index (κ2) is 7.88. The van der Waals surface area contributed by atoms with Crippen LogP contribution in [0.2, 0.25) is 0 Å². The molecule has 0 atom stereocenters. The first-order valence-electron chi connectivity index (χ1n) is 9.89. The van der Waals surface area contributed by atoms with E-state index in [1.165, 1.54) is 29.1 Å². The van der Waals surface area contributed by atoms with E-state index < -0.39 is 11.5 Å². The Balaban J connectivity index is 1.69. The van der Waals surface area contributed by atoms with Crippen molar-refractivity contribution >= 4 is 22.1 Å². The fraction of sp³-hybridized carbons (Fsp3) is 0.286. The zero-order valence-electron chi connectivity index (χ0n) is 16.4. The van der Waals surface area contributed by atoms with Crippen LogP contribution >= 0.6 is 0 Å². The van der Waals surface area contributed by atoms with Gasteiger partial charge in [-0.15, -0.1) is 0 Å². The van der Waals surface area contributed by atoms with Crippen LogP contribution in [0.15, 0.2) is 35.4 Å². The summed E-state index contributed by atoms with van der Waals surface area (Å²) < 4.78 is 33.4. The third kappa shape index (κ3) is 3.34. The van der Waals surface area contributed by atoms with Crippen LogP contribution in [0, 0.1) is 5.82 Å².